The van der Waals surface area contributed by atoms with Gasteiger partial charge in [-0.3, -0.25) is 9.59 Å². The molecule has 1 amide bonds. The lowest BCUT2D eigenvalue weighted by Crippen LogP contribution is -2.37. The average molecular weight is 380 g/mol. The van der Waals surface area contributed by atoms with Crippen LogP contribution >= 0.6 is 15.9 Å². The quantitative estimate of drug-likeness (QED) is 0.640. The molecular formula is C18H22BrNO3. The fourth-order valence-electron chi connectivity index (χ4n) is 4.02. The fourth-order valence-corrected chi connectivity index (χ4v) is 5.15. The molecule has 1 aromatic rings. The number of esters is 1. The van der Waals surface area contributed by atoms with E-state index in [2.05, 4.69) is 21.2 Å². The number of fused-ring (bicyclic) bond motifs is 2. The minimum Gasteiger partial charge on any atom is -0.455 e. The van der Waals surface area contributed by atoms with Gasteiger partial charge in [0.25, 0.3) is 5.91 Å². The van der Waals surface area contributed by atoms with Crippen LogP contribution in [0.5, 0.6) is 0 Å². The molecule has 3 atom stereocenters. The summed E-state index contributed by atoms with van der Waals surface area (Å²) in [6.45, 7) is 3.74. The highest BCUT2D eigenvalue weighted by molar-refractivity contribution is 9.09. The number of aryl methyl sites for hydroxylation is 2. The zero-order chi connectivity index (χ0) is 16.6. The summed E-state index contributed by atoms with van der Waals surface area (Å²) >= 11 is 3.63. The van der Waals surface area contributed by atoms with Crippen molar-refractivity contribution in [3.05, 3.63) is 29.3 Å². The summed E-state index contributed by atoms with van der Waals surface area (Å²) < 4.78 is 5.33. The van der Waals surface area contributed by atoms with Crippen LogP contribution in [0.3, 0.4) is 0 Å². The van der Waals surface area contributed by atoms with Crippen molar-refractivity contribution < 1.29 is 14.3 Å². The van der Waals surface area contributed by atoms with E-state index in [1.165, 1.54) is 0 Å². The Morgan fingerprint density at radius 3 is 2.57 bits per heavy atom. The molecule has 2 aliphatic carbocycles. The molecule has 2 fully saturated rings. The van der Waals surface area contributed by atoms with Gasteiger partial charge in [0.1, 0.15) is 0 Å². The Hall–Kier alpha value is -1.36. The van der Waals surface area contributed by atoms with Crippen LogP contribution in [0.25, 0.3) is 0 Å². The predicted octanol–water partition coefficient (Wildman–Crippen LogP) is 3.74. The van der Waals surface area contributed by atoms with E-state index in [1.54, 1.807) is 0 Å². The molecule has 23 heavy (non-hydrogen) atoms. The molecule has 0 radical (unpaired) electrons. The molecule has 4 nitrogen and oxygen atoms in total. The highest BCUT2D eigenvalue weighted by Crippen LogP contribution is 2.57. The van der Waals surface area contributed by atoms with E-state index in [4.69, 9.17) is 4.74 Å². The smallest absolute Gasteiger partial charge is 0.313 e. The molecule has 1 aromatic carbocycles. The van der Waals surface area contributed by atoms with Crippen LogP contribution < -0.4 is 5.32 Å². The predicted molar refractivity (Wildman–Crippen MR) is 92.6 cm³/mol. The minimum absolute atomic E-state index is 0.184. The molecule has 1 N–H and O–H groups in total. The summed E-state index contributed by atoms with van der Waals surface area (Å²) in [7, 11) is 0. The van der Waals surface area contributed by atoms with E-state index in [-0.39, 0.29) is 23.3 Å². The van der Waals surface area contributed by atoms with Crippen LogP contribution in [-0.2, 0) is 14.3 Å². The van der Waals surface area contributed by atoms with Gasteiger partial charge in [-0.25, -0.2) is 0 Å². The van der Waals surface area contributed by atoms with Gasteiger partial charge in [0.2, 0.25) is 0 Å². The lowest BCUT2D eigenvalue weighted by molar-refractivity contribution is -0.157. The van der Waals surface area contributed by atoms with Crippen molar-refractivity contribution in [3.8, 4) is 0 Å². The first kappa shape index (κ1) is 16.5. The number of amides is 1. The third-order valence-corrected chi connectivity index (χ3v) is 6.29. The van der Waals surface area contributed by atoms with Crippen molar-refractivity contribution >= 4 is 33.5 Å². The zero-order valence-electron chi connectivity index (χ0n) is 13.5. The lowest BCUT2D eigenvalue weighted by Gasteiger charge is -2.28. The second kappa shape index (κ2) is 6.27. The fraction of sp³-hybridized carbons (Fsp3) is 0.556. The third-order valence-electron chi connectivity index (χ3n) is 5.04. The summed E-state index contributed by atoms with van der Waals surface area (Å²) in [5.41, 5.74) is 2.50. The summed E-state index contributed by atoms with van der Waals surface area (Å²) in [5, 5.41) is 2.79. The second-order valence-corrected chi connectivity index (χ2v) is 8.07. The molecule has 0 aliphatic heterocycles. The zero-order valence-corrected chi connectivity index (χ0v) is 15.1. The van der Waals surface area contributed by atoms with Crippen LogP contribution in [0.4, 0.5) is 5.69 Å². The Labute approximate surface area is 145 Å². The molecule has 2 bridgehead atoms. The van der Waals surface area contributed by atoms with E-state index in [1.807, 2.05) is 32.0 Å². The second-order valence-electron chi connectivity index (χ2n) is 6.97. The molecule has 0 aromatic heterocycles. The first-order valence-electron chi connectivity index (χ1n) is 8.08. The van der Waals surface area contributed by atoms with Crippen LogP contribution in [0.2, 0.25) is 0 Å². The monoisotopic (exact) mass is 379 g/mol. The number of halogens is 1. The normalized spacial score (nSPS) is 28.7. The molecule has 5 heteroatoms. The van der Waals surface area contributed by atoms with Gasteiger partial charge in [-0.1, -0.05) is 22.0 Å². The number of hydrogen-bond acceptors (Lipinski definition) is 3. The Morgan fingerprint density at radius 2 is 2.00 bits per heavy atom. The van der Waals surface area contributed by atoms with Gasteiger partial charge in [0, 0.05) is 10.5 Å². The molecule has 0 spiro atoms. The number of ether oxygens (including phenoxy) is 1. The van der Waals surface area contributed by atoms with Crippen LogP contribution in [0, 0.1) is 25.2 Å². The summed E-state index contributed by atoms with van der Waals surface area (Å²) in [4.78, 5) is 24.7. The number of carbonyl (C=O) groups is 2. The lowest BCUT2D eigenvalue weighted by atomic mass is 9.84. The molecule has 0 heterocycles. The number of alkyl halides is 1. The highest BCUT2D eigenvalue weighted by Gasteiger charge is 2.56. The standard InChI is InChI=1S/C18H22BrNO3/c1-11-5-12(2)7-14(6-11)20-16(21)10-23-17(22)18-4-3-13(9-18)8-15(18)19/h5-7,13,15H,3-4,8-10H2,1-2H3,(H,20,21). The number of rotatable bonds is 4. The molecule has 2 saturated carbocycles. The Morgan fingerprint density at radius 1 is 1.30 bits per heavy atom. The Balaban J connectivity index is 1.56. The number of carbonyl (C=O) groups excluding carboxylic acids is 2. The van der Waals surface area contributed by atoms with Gasteiger partial charge in [-0.2, -0.15) is 0 Å². The molecule has 3 rings (SSSR count). The van der Waals surface area contributed by atoms with E-state index in [0.717, 1.165) is 42.5 Å². The van der Waals surface area contributed by atoms with Gasteiger partial charge in [0.15, 0.2) is 6.61 Å². The summed E-state index contributed by atoms with van der Waals surface area (Å²) in [6, 6.07) is 5.85. The van der Waals surface area contributed by atoms with E-state index >= 15 is 0 Å². The number of hydrogen-bond donors (Lipinski definition) is 1. The van der Waals surface area contributed by atoms with Crippen LogP contribution in [0.1, 0.15) is 36.8 Å². The van der Waals surface area contributed by atoms with Crippen LogP contribution in [-0.4, -0.2) is 23.3 Å². The van der Waals surface area contributed by atoms with Gasteiger partial charge < -0.3 is 10.1 Å². The topological polar surface area (TPSA) is 55.4 Å². The van der Waals surface area contributed by atoms with Crippen molar-refractivity contribution in [3.63, 3.8) is 0 Å². The number of benzene rings is 1. The van der Waals surface area contributed by atoms with Gasteiger partial charge in [-0.05, 0) is 68.7 Å². The first-order valence-corrected chi connectivity index (χ1v) is 9.00. The molecule has 0 saturated heterocycles. The van der Waals surface area contributed by atoms with E-state index in [0.29, 0.717) is 5.92 Å². The minimum atomic E-state index is -0.412. The van der Waals surface area contributed by atoms with Gasteiger partial charge in [-0.15, -0.1) is 0 Å². The van der Waals surface area contributed by atoms with Crippen molar-refractivity contribution in [2.75, 3.05) is 11.9 Å². The molecule has 124 valence electrons. The first-order chi connectivity index (χ1) is 10.9. The largest absolute Gasteiger partial charge is 0.455 e. The summed E-state index contributed by atoms with van der Waals surface area (Å²) in [5.74, 6) is 0.101. The van der Waals surface area contributed by atoms with Crippen LogP contribution in [0.15, 0.2) is 18.2 Å². The van der Waals surface area contributed by atoms with E-state index in [9.17, 15) is 9.59 Å². The van der Waals surface area contributed by atoms with Crippen molar-refractivity contribution in [1.82, 2.24) is 0 Å². The molecule has 2 aliphatic rings. The van der Waals surface area contributed by atoms with Crippen molar-refractivity contribution in [2.24, 2.45) is 11.3 Å². The Kier molecular flexibility index (Phi) is 4.50. The maximum absolute atomic E-state index is 12.5. The summed E-state index contributed by atoms with van der Waals surface area (Å²) in [6.07, 6.45) is 3.88. The average Bonchev–Trinajstić information content (AvgIpc) is 3.02. The van der Waals surface area contributed by atoms with Crippen molar-refractivity contribution in [1.29, 1.82) is 0 Å². The molecule has 3 unspecified atom stereocenters. The maximum Gasteiger partial charge on any atom is 0.313 e. The van der Waals surface area contributed by atoms with Gasteiger partial charge in [0.05, 0.1) is 5.41 Å². The third kappa shape index (κ3) is 3.30. The number of nitrogens with one attached hydrogen (secondary N) is 1. The molecular weight excluding hydrogens is 358 g/mol. The van der Waals surface area contributed by atoms with Gasteiger partial charge >= 0.3 is 5.97 Å². The maximum atomic E-state index is 12.5. The van der Waals surface area contributed by atoms with Crippen molar-refractivity contribution in [2.45, 2.75) is 44.4 Å². The SMILES string of the molecule is Cc1cc(C)cc(NC(=O)COC(=O)C23CCC(CC2Br)C3)c1. The number of anilines is 1. The Bertz CT molecular complexity index is 625. The highest BCUT2D eigenvalue weighted by atomic mass is 79.9. The van der Waals surface area contributed by atoms with E-state index < -0.39 is 5.41 Å².